The van der Waals surface area contributed by atoms with E-state index in [-0.39, 0.29) is 0 Å². The highest BCUT2D eigenvalue weighted by Gasteiger charge is 2.16. The number of carbonyl (C=O) groups is 2. The van der Waals surface area contributed by atoms with Crippen molar-refractivity contribution in [2.75, 3.05) is 17.7 Å². The second-order valence-electron chi connectivity index (χ2n) is 6.30. The first kappa shape index (κ1) is 17.5. The lowest BCUT2D eigenvalue weighted by Gasteiger charge is -2.07. The predicted octanol–water partition coefficient (Wildman–Crippen LogP) is 4.09. The molecule has 2 aromatic heterocycles. The van der Waals surface area contributed by atoms with Crippen LogP contribution in [0, 0.1) is 0 Å². The molecule has 6 heteroatoms. The average Bonchev–Trinajstić information content (AvgIpc) is 3.17. The summed E-state index contributed by atoms with van der Waals surface area (Å²) in [5.41, 5.74) is 4.47. The van der Waals surface area contributed by atoms with Crippen molar-refractivity contribution in [3.63, 3.8) is 0 Å². The molecule has 0 fully saturated rings. The van der Waals surface area contributed by atoms with Crippen molar-refractivity contribution in [2.45, 2.75) is 0 Å². The number of hydrogen-bond acceptors (Lipinski definition) is 4. The molecule has 0 radical (unpaired) electrons. The van der Waals surface area contributed by atoms with Crippen LogP contribution in [0.1, 0.15) is 10.4 Å². The molecular formula is C22H18N4O2. The van der Waals surface area contributed by atoms with Crippen LogP contribution in [0.5, 0.6) is 0 Å². The van der Waals surface area contributed by atoms with Crippen LogP contribution in [0.4, 0.5) is 11.4 Å². The van der Waals surface area contributed by atoms with Crippen LogP contribution in [0.2, 0.25) is 0 Å². The highest BCUT2D eigenvalue weighted by atomic mass is 16.2. The number of amides is 1. The summed E-state index contributed by atoms with van der Waals surface area (Å²) in [6.45, 7) is 0. The molecule has 0 atom stereocenters. The normalized spacial score (nSPS) is 10.6. The first-order valence-corrected chi connectivity index (χ1v) is 8.82. The Morgan fingerprint density at radius 3 is 2.57 bits per heavy atom. The average molecular weight is 370 g/mol. The van der Waals surface area contributed by atoms with Crippen molar-refractivity contribution in [2.24, 2.45) is 0 Å². The van der Waals surface area contributed by atoms with Gasteiger partial charge in [-0.15, -0.1) is 0 Å². The van der Waals surface area contributed by atoms with E-state index in [0.717, 1.165) is 27.8 Å². The van der Waals surface area contributed by atoms with Gasteiger partial charge in [-0.25, -0.2) is 4.98 Å². The summed E-state index contributed by atoms with van der Waals surface area (Å²) in [5.74, 6) is -1.23. The minimum Gasteiger partial charge on any atom is -0.387 e. The number of H-pyrrole nitrogens is 1. The molecule has 0 unspecified atom stereocenters. The van der Waals surface area contributed by atoms with Crippen molar-refractivity contribution in [1.29, 1.82) is 0 Å². The quantitative estimate of drug-likeness (QED) is 0.365. The number of ketones is 1. The van der Waals surface area contributed by atoms with E-state index >= 15 is 0 Å². The summed E-state index contributed by atoms with van der Waals surface area (Å²) >= 11 is 0. The Balaban J connectivity index is 1.62. The number of anilines is 2. The van der Waals surface area contributed by atoms with Gasteiger partial charge in [-0.05, 0) is 23.8 Å². The molecule has 6 nitrogen and oxygen atoms in total. The van der Waals surface area contributed by atoms with E-state index < -0.39 is 11.7 Å². The van der Waals surface area contributed by atoms with Crippen LogP contribution in [0.3, 0.4) is 0 Å². The number of benzene rings is 2. The number of aromatic nitrogens is 2. The number of nitrogens with one attached hydrogen (secondary N) is 3. The summed E-state index contributed by atoms with van der Waals surface area (Å²) in [6, 6.07) is 17.9. The Hall–Kier alpha value is -3.93. The van der Waals surface area contributed by atoms with Crippen molar-refractivity contribution in [3.05, 3.63) is 78.6 Å². The number of hydrogen-bond donors (Lipinski definition) is 3. The molecule has 0 aliphatic rings. The summed E-state index contributed by atoms with van der Waals surface area (Å²) in [6.07, 6.45) is 3.64. The van der Waals surface area contributed by atoms with Crippen molar-refractivity contribution >= 4 is 34.1 Å². The van der Waals surface area contributed by atoms with E-state index in [0.29, 0.717) is 11.3 Å². The maximum atomic E-state index is 12.3. The van der Waals surface area contributed by atoms with E-state index in [4.69, 9.17) is 0 Å². The van der Waals surface area contributed by atoms with Crippen LogP contribution in [0.25, 0.3) is 22.2 Å². The third-order valence-corrected chi connectivity index (χ3v) is 4.49. The first-order valence-electron chi connectivity index (χ1n) is 8.82. The number of pyridine rings is 1. The molecule has 0 spiro atoms. The van der Waals surface area contributed by atoms with E-state index in [9.17, 15) is 9.59 Å². The SMILES string of the molecule is CNc1cnc2[nH]cc(-c3cccc(NC(=O)C(=O)c4ccccc4)c3)c2c1. The fourth-order valence-corrected chi connectivity index (χ4v) is 3.05. The summed E-state index contributed by atoms with van der Waals surface area (Å²) in [7, 11) is 1.84. The minimum absolute atomic E-state index is 0.360. The van der Waals surface area contributed by atoms with Gasteiger partial charge in [0.25, 0.3) is 11.7 Å². The maximum Gasteiger partial charge on any atom is 0.296 e. The molecule has 28 heavy (non-hydrogen) atoms. The lowest BCUT2D eigenvalue weighted by molar-refractivity contribution is -0.112. The van der Waals surface area contributed by atoms with Crippen molar-refractivity contribution in [1.82, 2.24) is 9.97 Å². The lowest BCUT2D eigenvalue weighted by atomic mass is 10.0. The van der Waals surface area contributed by atoms with Crippen LogP contribution in [-0.4, -0.2) is 28.7 Å². The Morgan fingerprint density at radius 1 is 0.964 bits per heavy atom. The zero-order valence-corrected chi connectivity index (χ0v) is 15.2. The Morgan fingerprint density at radius 2 is 1.79 bits per heavy atom. The molecule has 4 rings (SSSR count). The molecule has 0 aliphatic heterocycles. The van der Waals surface area contributed by atoms with Crippen molar-refractivity contribution < 1.29 is 9.59 Å². The third kappa shape index (κ3) is 3.35. The Labute approximate surface area is 161 Å². The standard InChI is InChI=1S/C22H18N4O2/c1-23-17-11-18-19(13-25-21(18)24-12-17)15-8-5-9-16(10-15)26-22(28)20(27)14-6-3-2-4-7-14/h2-13,23H,1H3,(H,24,25)(H,26,28). The van der Waals surface area contributed by atoms with E-state index in [1.54, 1.807) is 42.6 Å². The molecule has 0 saturated heterocycles. The van der Waals surface area contributed by atoms with Gasteiger partial charge in [0.15, 0.2) is 0 Å². The largest absolute Gasteiger partial charge is 0.387 e. The molecule has 2 aromatic carbocycles. The minimum atomic E-state index is -0.665. The summed E-state index contributed by atoms with van der Waals surface area (Å²) in [5, 5.41) is 6.74. The molecule has 2 heterocycles. The molecule has 0 aliphatic carbocycles. The van der Waals surface area contributed by atoms with E-state index in [1.165, 1.54) is 0 Å². The topological polar surface area (TPSA) is 86.9 Å². The molecule has 3 N–H and O–H groups in total. The zero-order valence-electron chi connectivity index (χ0n) is 15.2. The van der Waals surface area contributed by atoms with Gasteiger partial charge >= 0.3 is 0 Å². The fraction of sp³-hybridized carbons (Fsp3) is 0.0455. The van der Waals surface area contributed by atoms with E-state index in [2.05, 4.69) is 20.6 Å². The number of Topliss-reactive ketones (excluding diaryl/α,β-unsaturated/α-hetero) is 1. The van der Waals surface area contributed by atoms with Gasteiger partial charge in [0.1, 0.15) is 5.65 Å². The number of carbonyl (C=O) groups excluding carboxylic acids is 2. The maximum absolute atomic E-state index is 12.3. The van der Waals surface area contributed by atoms with E-state index in [1.807, 2.05) is 37.5 Å². The van der Waals surface area contributed by atoms with Crippen LogP contribution < -0.4 is 10.6 Å². The molecule has 4 aromatic rings. The fourth-order valence-electron chi connectivity index (χ4n) is 3.05. The second kappa shape index (κ2) is 7.36. The predicted molar refractivity (Wildman–Crippen MR) is 110 cm³/mol. The van der Waals surface area contributed by atoms with Crippen LogP contribution in [0.15, 0.2) is 73.1 Å². The van der Waals surface area contributed by atoms with Crippen LogP contribution >= 0.6 is 0 Å². The summed E-state index contributed by atoms with van der Waals surface area (Å²) in [4.78, 5) is 32.1. The zero-order chi connectivity index (χ0) is 19.5. The van der Waals surface area contributed by atoms with Gasteiger partial charge in [-0.2, -0.15) is 0 Å². The first-order chi connectivity index (χ1) is 13.7. The molecule has 0 saturated carbocycles. The van der Waals surface area contributed by atoms with Gasteiger partial charge in [-0.1, -0.05) is 42.5 Å². The van der Waals surface area contributed by atoms with Crippen LogP contribution in [-0.2, 0) is 4.79 Å². The monoisotopic (exact) mass is 370 g/mol. The summed E-state index contributed by atoms with van der Waals surface area (Å²) < 4.78 is 0. The lowest BCUT2D eigenvalue weighted by Crippen LogP contribution is -2.22. The van der Waals surface area contributed by atoms with Crippen molar-refractivity contribution in [3.8, 4) is 11.1 Å². The van der Waals surface area contributed by atoms with Gasteiger partial charge in [0.2, 0.25) is 0 Å². The Bertz CT molecular complexity index is 1170. The number of aromatic amines is 1. The number of rotatable bonds is 5. The third-order valence-electron chi connectivity index (χ3n) is 4.49. The molecule has 1 amide bonds. The molecule has 0 bridgehead atoms. The van der Waals surface area contributed by atoms with Gasteiger partial charge < -0.3 is 15.6 Å². The molecule has 138 valence electrons. The number of fused-ring (bicyclic) bond motifs is 1. The van der Waals surface area contributed by atoms with Gasteiger partial charge in [0.05, 0.1) is 11.9 Å². The molecular weight excluding hydrogens is 352 g/mol. The van der Waals surface area contributed by atoms with Gasteiger partial charge in [-0.3, -0.25) is 9.59 Å². The Kier molecular flexibility index (Phi) is 4.60. The second-order valence-corrected chi connectivity index (χ2v) is 6.30. The van der Waals surface area contributed by atoms with Gasteiger partial charge in [0, 0.05) is 35.4 Å². The highest BCUT2D eigenvalue weighted by Crippen LogP contribution is 2.30. The number of nitrogens with zero attached hydrogens (tertiary/aromatic N) is 1. The highest BCUT2D eigenvalue weighted by molar-refractivity contribution is 6.46. The smallest absolute Gasteiger partial charge is 0.296 e.